The fourth-order valence-corrected chi connectivity index (χ4v) is 3.08. The van der Waals surface area contributed by atoms with Crippen molar-refractivity contribution in [1.29, 1.82) is 0 Å². The topological polar surface area (TPSA) is 29.5 Å². The molecule has 1 aliphatic rings. The third-order valence-electron chi connectivity index (χ3n) is 3.92. The predicted octanol–water partition coefficient (Wildman–Crippen LogP) is 3.85. The molecular formula is C17H18BrNO2. The van der Waals surface area contributed by atoms with E-state index in [2.05, 4.69) is 22.0 Å². The minimum Gasteiger partial charge on any atom is -0.375 e. The number of benzene rings is 2. The highest BCUT2D eigenvalue weighted by molar-refractivity contribution is 9.10. The molecule has 2 unspecified atom stereocenters. The first-order valence-corrected chi connectivity index (χ1v) is 7.96. The predicted molar refractivity (Wildman–Crippen MR) is 87.6 cm³/mol. The minimum absolute atomic E-state index is 0.0856. The van der Waals surface area contributed by atoms with Crippen LogP contribution in [-0.2, 0) is 4.74 Å². The van der Waals surface area contributed by atoms with Gasteiger partial charge >= 0.3 is 0 Å². The van der Waals surface area contributed by atoms with Crippen molar-refractivity contribution < 1.29 is 9.53 Å². The average Bonchev–Trinajstić information content (AvgIpc) is 2.48. The Hall–Kier alpha value is -1.39. The summed E-state index contributed by atoms with van der Waals surface area (Å²) in [5.41, 5.74) is 0.741. The monoisotopic (exact) mass is 347 g/mol. The highest BCUT2D eigenvalue weighted by Gasteiger charge is 2.28. The zero-order valence-corrected chi connectivity index (χ0v) is 13.8. The van der Waals surface area contributed by atoms with Crippen LogP contribution in [-0.4, -0.2) is 36.1 Å². The van der Waals surface area contributed by atoms with E-state index in [0.29, 0.717) is 13.2 Å². The second-order valence-corrected chi connectivity index (χ2v) is 6.57. The Balaban J connectivity index is 1.92. The van der Waals surface area contributed by atoms with Gasteiger partial charge in [0.2, 0.25) is 0 Å². The SMILES string of the molecule is CC1CN(C(=O)c2ccc3cc(Br)ccc3c2)C(C)CO1. The lowest BCUT2D eigenvalue weighted by Gasteiger charge is -2.36. The number of carbonyl (C=O) groups excluding carboxylic acids is 1. The van der Waals surface area contributed by atoms with Crippen LogP contribution in [0.25, 0.3) is 10.8 Å². The molecule has 2 atom stereocenters. The Morgan fingerprint density at radius 2 is 1.90 bits per heavy atom. The van der Waals surface area contributed by atoms with Gasteiger partial charge in [0.15, 0.2) is 0 Å². The van der Waals surface area contributed by atoms with E-state index in [1.54, 1.807) is 0 Å². The Bertz CT molecular complexity index is 686. The van der Waals surface area contributed by atoms with Gasteiger partial charge in [-0.3, -0.25) is 4.79 Å². The standard InChI is InChI=1S/C17H18BrNO2/c1-11-10-21-12(2)9-19(11)17(20)15-4-3-14-8-16(18)6-5-13(14)7-15/h3-8,11-12H,9-10H2,1-2H3. The number of rotatable bonds is 1. The summed E-state index contributed by atoms with van der Waals surface area (Å²) in [4.78, 5) is 14.6. The molecule has 3 rings (SSSR count). The molecule has 0 bridgehead atoms. The average molecular weight is 348 g/mol. The maximum absolute atomic E-state index is 12.7. The number of hydrogen-bond acceptors (Lipinski definition) is 2. The first-order valence-electron chi connectivity index (χ1n) is 7.16. The fraction of sp³-hybridized carbons (Fsp3) is 0.353. The van der Waals surface area contributed by atoms with Gasteiger partial charge < -0.3 is 9.64 Å². The van der Waals surface area contributed by atoms with E-state index in [4.69, 9.17) is 4.74 Å². The second-order valence-electron chi connectivity index (χ2n) is 5.66. The number of fused-ring (bicyclic) bond motifs is 1. The van der Waals surface area contributed by atoms with Crippen molar-refractivity contribution in [2.24, 2.45) is 0 Å². The zero-order chi connectivity index (χ0) is 15.0. The molecule has 110 valence electrons. The summed E-state index contributed by atoms with van der Waals surface area (Å²) in [6, 6.07) is 12.1. The molecule has 1 amide bonds. The number of ether oxygens (including phenoxy) is 1. The van der Waals surface area contributed by atoms with Gasteiger partial charge in [0.05, 0.1) is 18.8 Å². The van der Waals surface area contributed by atoms with E-state index in [9.17, 15) is 4.79 Å². The van der Waals surface area contributed by atoms with Crippen molar-refractivity contribution in [3.8, 4) is 0 Å². The van der Waals surface area contributed by atoms with Crippen molar-refractivity contribution in [2.45, 2.75) is 26.0 Å². The van der Waals surface area contributed by atoms with E-state index in [1.807, 2.05) is 49.1 Å². The van der Waals surface area contributed by atoms with Crippen LogP contribution in [0.3, 0.4) is 0 Å². The van der Waals surface area contributed by atoms with Crippen LogP contribution in [0.4, 0.5) is 0 Å². The molecule has 0 radical (unpaired) electrons. The molecule has 1 fully saturated rings. The van der Waals surface area contributed by atoms with Gasteiger partial charge in [-0.25, -0.2) is 0 Å². The molecular weight excluding hydrogens is 330 g/mol. The molecule has 0 aromatic heterocycles. The summed E-state index contributed by atoms with van der Waals surface area (Å²) in [5, 5.41) is 2.21. The van der Waals surface area contributed by atoms with Crippen LogP contribution in [0.5, 0.6) is 0 Å². The van der Waals surface area contributed by atoms with Crippen LogP contribution >= 0.6 is 15.9 Å². The Kier molecular flexibility index (Phi) is 4.00. The van der Waals surface area contributed by atoms with Crippen LogP contribution < -0.4 is 0 Å². The third-order valence-corrected chi connectivity index (χ3v) is 4.41. The van der Waals surface area contributed by atoms with E-state index in [0.717, 1.165) is 20.8 Å². The minimum atomic E-state index is 0.0856. The zero-order valence-electron chi connectivity index (χ0n) is 12.2. The lowest BCUT2D eigenvalue weighted by molar-refractivity contribution is -0.0387. The van der Waals surface area contributed by atoms with Crippen LogP contribution in [0.2, 0.25) is 0 Å². The van der Waals surface area contributed by atoms with Gasteiger partial charge in [-0.2, -0.15) is 0 Å². The maximum atomic E-state index is 12.7. The lowest BCUT2D eigenvalue weighted by Crippen LogP contribution is -2.50. The number of carbonyl (C=O) groups is 1. The van der Waals surface area contributed by atoms with E-state index in [1.165, 1.54) is 0 Å². The summed E-state index contributed by atoms with van der Waals surface area (Å²) < 4.78 is 6.64. The molecule has 3 nitrogen and oxygen atoms in total. The molecule has 0 N–H and O–H groups in total. The summed E-state index contributed by atoms with van der Waals surface area (Å²) in [7, 11) is 0. The number of amides is 1. The van der Waals surface area contributed by atoms with Gasteiger partial charge in [0.25, 0.3) is 5.91 Å². The Labute approximate surface area is 133 Å². The fourth-order valence-electron chi connectivity index (χ4n) is 2.70. The van der Waals surface area contributed by atoms with Crippen molar-refractivity contribution in [3.05, 3.63) is 46.4 Å². The molecule has 1 aliphatic heterocycles. The molecule has 1 saturated heterocycles. The summed E-state index contributed by atoms with van der Waals surface area (Å²) in [5.74, 6) is 0.0856. The number of nitrogens with zero attached hydrogens (tertiary/aromatic N) is 1. The van der Waals surface area contributed by atoms with Crippen molar-refractivity contribution in [1.82, 2.24) is 4.90 Å². The molecule has 21 heavy (non-hydrogen) atoms. The van der Waals surface area contributed by atoms with E-state index in [-0.39, 0.29) is 18.1 Å². The first kappa shape index (κ1) is 14.5. The quantitative estimate of drug-likeness (QED) is 0.783. The Morgan fingerprint density at radius 3 is 2.71 bits per heavy atom. The molecule has 2 aromatic rings. The highest BCUT2D eigenvalue weighted by atomic mass is 79.9. The lowest BCUT2D eigenvalue weighted by atomic mass is 10.1. The molecule has 2 aromatic carbocycles. The second kappa shape index (κ2) is 5.78. The van der Waals surface area contributed by atoms with Crippen LogP contribution in [0.1, 0.15) is 24.2 Å². The molecule has 4 heteroatoms. The van der Waals surface area contributed by atoms with Crippen molar-refractivity contribution in [2.75, 3.05) is 13.2 Å². The maximum Gasteiger partial charge on any atom is 0.254 e. The number of hydrogen-bond donors (Lipinski definition) is 0. The van der Waals surface area contributed by atoms with Crippen molar-refractivity contribution in [3.63, 3.8) is 0 Å². The molecule has 0 aliphatic carbocycles. The van der Waals surface area contributed by atoms with Gasteiger partial charge in [-0.15, -0.1) is 0 Å². The van der Waals surface area contributed by atoms with Crippen LogP contribution in [0.15, 0.2) is 40.9 Å². The Morgan fingerprint density at radius 1 is 1.19 bits per heavy atom. The highest BCUT2D eigenvalue weighted by Crippen LogP contribution is 2.23. The molecule has 0 saturated carbocycles. The number of halogens is 1. The van der Waals surface area contributed by atoms with Crippen LogP contribution in [0, 0.1) is 0 Å². The van der Waals surface area contributed by atoms with Gasteiger partial charge in [-0.1, -0.05) is 28.1 Å². The van der Waals surface area contributed by atoms with Gasteiger partial charge in [0, 0.05) is 16.6 Å². The third kappa shape index (κ3) is 2.97. The summed E-state index contributed by atoms with van der Waals surface area (Å²) >= 11 is 3.47. The summed E-state index contributed by atoms with van der Waals surface area (Å²) in [6.45, 7) is 5.29. The van der Waals surface area contributed by atoms with E-state index >= 15 is 0 Å². The largest absolute Gasteiger partial charge is 0.375 e. The van der Waals surface area contributed by atoms with E-state index < -0.39 is 0 Å². The van der Waals surface area contributed by atoms with Gasteiger partial charge in [0.1, 0.15) is 0 Å². The molecule has 0 spiro atoms. The normalized spacial score (nSPS) is 22.5. The van der Waals surface area contributed by atoms with Gasteiger partial charge in [-0.05, 0) is 48.9 Å². The number of morpholine rings is 1. The first-order chi connectivity index (χ1) is 10.0. The van der Waals surface area contributed by atoms with Crippen molar-refractivity contribution >= 4 is 32.6 Å². The smallest absolute Gasteiger partial charge is 0.254 e. The summed E-state index contributed by atoms with van der Waals surface area (Å²) in [6.07, 6.45) is 0.0987. The molecule has 1 heterocycles.